The Morgan fingerprint density at radius 3 is 2.19 bits per heavy atom. The molecule has 0 aliphatic heterocycles. The maximum absolute atomic E-state index is 13.0. The van der Waals surface area contributed by atoms with Crippen LogP contribution in [0.1, 0.15) is 80.2 Å². The van der Waals surface area contributed by atoms with Gasteiger partial charge in [0.05, 0.1) is 18.0 Å². The second-order valence-corrected chi connectivity index (χ2v) is 14.1. The van der Waals surface area contributed by atoms with Gasteiger partial charge in [-0.3, -0.25) is 9.10 Å². The first-order chi connectivity index (χ1) is 17.2. The van der Waals surface area contributed by atoms with Crippen molar-refractivity contribution in [3.63, 3.8) is 0 Å². The van der Waals surface area contributed by atoms with Crippen LogP contribution < -0.4 is 9.62 Å². The molecule has 6 heteroatoms. The molecule has 7 rings (SSSR count). The Labute approximate surface area is 215 Å². The van der Waals surface area contributed by atoms with Gasteiger partial charge in [0.2, 0.25) is 15.9 Å². The van der Waals surface area contributed by atoms with Crippen molar-refractivity contribution in [2.45, 2.75) is 76.2 Å². The Bertz CT molecular complexity index is 1230. The summed E-state index contributed by atoms with van der Waals surface area (Å²) in [6.45, 7) is 1.74. The fourth-order valence-corrected chi connectivity index (χ4v) is 9.06. The first-order valence-electron chi connectivity index (χ1n) is 13.7. The highest BCUT2D eigenvalue weighted by Gasteiger charge is 2.51. The molecular formula is C30H38N2O3S. The van der Waals surface area contributed by atoms with Gasteiger partial charge in [0.15, 0.2) is 0 Å². The molecule has 0 saturated heterocycles. The highest BCUT2D eigenvalue weighted by molar-refractivity contribution is 7.92. The summed E-state index contributed by atoms with van der Waals surface area (Å²) < 4.78 is 26.6. The fraction of sp³-hybridized carbons (Fsp3) is 0.567. The number of aryl methyl sites for hydroxylation is 2. The van der Waals surface area contributed by atoms with Crippen molar-refractivity contribution in [1.82, 2.24) is 5.32 Å². The van der Waals surface area contributed by atoms with Crippen LogP contribution in [0.3, 0.4) is 0 Å². The zero-order chi connectivity index (χ0) is 25.1. The van der Waals surface area contributed by atoms with E-state index in [0.717, 1.165) is 36.2 Å². The molecule has 5 nitrogen and oxygen atoms in total. The number of fused-ring (bicyclic) bond motifs is 1. The van der Waals surface area contributed by atoms with Crippen LogP contribution in [0, 0.1) is 17.8 Å². The number of anilines is 1. The third-order valence-corrected chi connectivity index (χ3v) is 10.6. The molecule has 0 unspecified atom stereocenters. The van der Waals surface area contributed by atoms with E-state index in [2.05, 4.69) is 35.6 Å². The summed E-state index contributed by atoms with van der Waals surface area (Å²) >= 11 is 0. The van der Waals surface area contributed by atoms with E-state index in [1.165, 1.54) is 72.2 Å². The summed E-state index contributed by atoms with van der Waals surface area (Å²) in [6, 6.07) is 14.3. The molecule has 0 radical (unpaired) electrons. The van der Waals surface area contributed by atoms with Crippen LogP contribution in [0.4, 0.5) is 5.69 Å². The smallest absolute Gasteiger partial charge is 0.241 e. The number of hydrogen-bond donors (Lipinski definition) is 1. The number of benzene rings is 2. The van der Waals surface area contributed by atoms with Gasteiger partial charge in [0.25, 0.3) is 0 Å². The molecule has 0 heterocycles. The zero-order valence-corrected chi connectivity index (χ0v) is 22.3. The lowest BCUT2D eigenvalue weighted by molar-refractivity contribution is -0.120. The molecule has 5 aliphatic carbocycles. The van der Waals surface area contributed by atoms with E-state index in [1.807, 2.05) is 19.1 Å². The maximum atomic E-state index is 13.0. The number of carbonyl (C=O) groups is 1. The first-order valence-corrected chi connectivity index (χ1v) is 15.5. The van der Waals surface area contributed by atoms with Crippen LogP contribution in [0.2, 0.25) is 0 Å². The third kappa shape index (κ3) is 4.46. The number of nitrogens with zero attached hydrogens (tertiary/aromatic N) is 1. The minimum absolute atomic E-state index is 0.178. The molecule has 192 valence electrons. The van der Waals surface area contributed by atoms with Gasteiger partial charge in [-0.1, -0.05) is 30.3 Å². The number of rotatable bonds is 7. The van der Waals surface area contributed by atoms with Gasteiger partial charge in [-0.05, 0) is 122 Å². The molecule has 1 N–H and O–H groups in total. The van der Waals surface area contributed by atoms with Crippen LogP contribution in [0.5, 0.6) is 0 Å². The van der Waals surface area contributed by atoms with Crippen molar-refractivity contribution in [1.29, 1.82) is 0 Å². The lowest BCUT2D eigenvalue weighted by atomic mass is 9.48. The van der Waals surface area contributed by atoms with Crippen molar-refractivity contribution >= 4 is 21.6 Å². The molecule has 2 aromatic carbocycles. The normalized spacial score (nSPS) is 29.1. The number of hydrogen-bond acceptors (Lipinski definition) is 3. The molecule has 2 aromatic rings. The number of carbonyl (C=O) groups excluding carboxylic acids is 1. The van der Waals surface area contributed by atoms with Crippen LogP contribution in [-0.2, 0) is 33.1 Å². The molecule has 0 aromatic heterocycles. The third-order valence-electron chi connectivity index (χ3n) is 9.49. The largest absolute Gasteiger partial charge is 0.348 e. The van der Waals surface area contributed by atoms with Gasteiger partial charge in [-0.2, -0.15) is 0 Å². The lowest BCUT2D eigenvalue weighted by Gasteiger charge is -2.57. The molecule has 36 heavy (non-hydrogen) atoms. The Balaban J connectivity index is 1.17. The fourth-order valence-electron chi connectivity index (χ4n) is 8.21. The predicted molar refractivity (Wildman–Crippen MR) is 144 cm³/mol. The van der Waals surface area contributed by atoms with E-state index in [0.29, 0.717) is 5.69 Å². The topological polar surface area (TPSA) is 66.5 Å². The average Bonchev–Trinajstić information content (AvgIpc) is 3.29. The van der Waals surface area contributed by atoms with E-state index >= 15 is 0 Å². The monoisotopic (exact) mass is 506 g/mol. The standard InChI is InChI=1S/C30H38N2O3S/c1-20(25-7-6-24-4-3-5-26(24)15-25)31-29(33)19-32(36(2,34)35)28-10-8-27(9-11-28)30-16-21-12-22(17-30)14-23(13-21)18-30/h6-11,15,20-23H,3-5,12-14,16-19H2,1-2H3,(H,31,33)/t20-,21?,22?,23?,30?/m0/s1. The summed E-state index contributed by atoms with van der Waals surface area (Å²) in [6.07, 6.45) is 12.6. The van der Waals surface area contributed by atoms with Gasteiger partial charge >= 0.3 is 0 Å². The molecule has 4 bridgehead atoms. The second kappa shape index (κ2) is 8.90. The van der Waals surface area contributed by atoms with Crippen molar-refractivity contribution in [2.24, 2.45) is 17.8 Å². The van der Waals surface area contributed by atoms with Crippen molar-refractivity contribution < 1.29 is 13.2 Å². The molecule has 4 fully saturated rings. The minimum Gasteiger partial charge on any atom is -0.348 e. The molecule has 1 atom stereocenters. The average molecular weight is 507 g/mol. The summed E-state index contributed by atoms with van der Waals surface area (Å²) in [5, 5.41) is 3.02. The Kier molecular flexibility index (Phi) is 5.94. The van der Waals surface area contributed by atoms with Gasteiger partial charge in [0, 0.05) is 0 Å². The Hall–Kier alpha value is -2.34. The summed E-state index contributed by atoms with van der Waals surface area (Å²) in [5.74, 6) is 2.29. The molecular weight excluding hydrogens is 468 g/mol. The SMILES string of the molecule is C[C@H](NC(=O)CN(c1ccc(C23CC4CC(CC(C4)C2)C3)cc1)S(C)(=O)=O)c1ccc2c(c1)CCC2. The molecule has 0 spiro atoms. The quantitative estimate of drug-likeness (QED) is 0.555. The van der Waals surface area contributed by atoms with E-state index in [1.54, 1.807) is 0 Å². The Morgan fingerprint density at radius 1 is 0.972 bits per heavy atom. The van der Waals surface area contributed by atoms with E-state index in [4.69, 9.17) is 0 Å². The van der Waals surface area contributed by atoms with Crippen molar-refractivity contribution in [3.05, 3.63) is 64.7 Å². The van der Waals surface area contributed by atoms with Crippen molar-refractivity contribution in [2.75, 3.05) is 17.1 Å². The van der Waals surface area contributed by atoms with Gasteiger partial charge in [-0.25, -0.2) is 8.42 Å². The minimum atomic E-state index is -3.61. The van der Waals surface area contributed by atoms with Crippen molar-refractivity contribution in [3.8, 4) is 0 Å². The highest BCUT2D eigenvalue weighted by Crippen LogP contribution is 2.60. The van der Waals surface area contributed by atoms with Gasteiger partial charge in [-0.15, -0.1) is 0 Å². The molecule has 4 saturated carbocycles. The van der Waals surface area contributed by atoms with E-state index in [-0.39, 0.29) is 23.9 Å². The summed E-state index contributed by atoms with van der Waals surface area (Å²) in [5.41, 5.74) is 6.02. The Morgan fingerprint density at radius 2 is 1.58 bits per heavy atom. The van der Waals surface area contributed by atoms with Crippen LogP contribution in [0.25, 0.3) is 0 Å². The lowest BCUT2D eigenvalue weighted by Crippen LogP contribution is -2.48. The number of nitrogens with one attached hydrogen (secondary N) is 1. The second-order valence-electron chi connectivity index (χ2n) is 12.2. The molecule has 1 amide bonds. The maximum Gasteiger partial charge on any atom is 0.241 e. The number of amides is 1. The van der Waals surface area contributed by atoms with Crippen LogP contribution in [-0.4, -0.2) is 27.1 Å². The highest BCUT2D eigenvalue weighted by atomic mass is 32.2. The van der Waals surface area contributed by atoms with Gasteiger partial charge in [0.1, 0.15) is 6.54 Å². The van der Waals surface area contributed by atoms with E-state index in [9.17, 15) is 13.2 Å². The van der Waals surface area contributed by atoms with Crippen LogP contribution in [0.15, 0.2) is 42.5 Å². The molecule has 5 aliphatic rings. The predicted octanol–water partition coefficient (Wildman–Crippen LogP) is 5.29. The zero-order valence-electron chi connectivity index (χ0n) is 21.5. The van der Waals surface area contributed by atoms with E-state index < -0.39 is 10.0 Å². The van der Waals surface area contributed by atoms with Gasteiger partial charge < -0.3 is 5.32 Å². The summed E-state index contributed by atoms with van der Waals surface area (Å²) in [4.78, 5) is 13.0. The first kappa shape index (κ1) is 24.0. The van der Waals surface area contributed by atoms with Crippen LogP contribution >= 0.6 is 0 Å². The summed E-state index contributed by atoms with van der Waals surface area (Å²) in [7, 11) is -3.61. The number of sulfonamides is 1.